The van der Waals surface area contributed by atoms with Crippen molar-refractivity contribution in [1.82, 2.24) is 10.2 Å². The molecule has 1 aromatic heterocycles. The fraction of sp³-hybridized carbons (Fsp3) is 0.375. The minimum Gasteiger partial charge on any atom is -0.497 e. The van der Waals surface area contributed by atoms with E-state index in [1.165, 1.54) is 11.3 Å². The molecule has 126 valence electrons. The molecule has 1 fully saturated rings. The maximum Gasteiger partial charge on any atom is 0.227 e. The van der Waals surface area contributed by atoms with E-state index in [0.717, 1.165) is 16.4 Å². The zero-order valence-corrected chi connectivity index (χ0v) is 14.3. The number of hydrogen-bond donors (Lipinski definition) is 1. The van der Waals surface area contributed by atoms with Crippen molar-refractivity contribution in [3.63, 3.8) is 0 Å². The second kappa shape index (κ2) is 6.96. The summed E-state index contributed by atoms with van der Waals surface area (Å²) in [5.41, 5.74) is 0.840. The van der Waals surface area contributed by atoms with Gasteiger partial charge < -0.3 is 15.0 Å². The molecule has 2 heterocycles. The summed E-state index contributed by atoms with van der Waals surface area (Å²) < 4.78 is 5.14. The molecule has 3 rings (SSSR count). The van der Waals surface area contributed by atoms with Gasteiger partial charge in [0.05, 0.1) is 7.11 Å². The highest BCUT2D eigenvalue weighted by molar-refractivity contribution is 7.15. The molecule has 0 aliphatic carbocycles. The van der Waals surface area contributed by atoms with Gasteiger partial charge in [-0.1, -0.05) is 18.3 Å². The van der Waals surface area contributed by atoms with Crippen LogP contribution in [0.3, 0.4) is 0 Å². The summed E-state index contributed by atoms with van der Waals surface area (Å²) in [5, 5.41) is 12.1. The number of ether oxygens (including phenoxy) is 1. The molecule has 24 heavy (non-hydrogen) atoms. The maximum atomic E-state index is 12.3. The normalized spacial score (nSPS) is 17.2. The molecule has 0 radical (unpaired) electrons. The first-order chi connectivity index (χ1) is 11.6. The summed E-state index contributed by atoms with van der Waals surface area (Å²) in [6.07, 6.45) is 0.782. The lowest BCUT2D eigenvalue weighted by Gasteiger charge is -2.16. The Labute approximate surface area is 143 Å². The van der Waals surface area contributed by atoms with E-state index < -0.39 is 0 Å². The second-order valence-electron chi connectivity index (χ2n) is 5.45. The largest absolute Gasteiger partial charge is 0.497 e. The van der Waals surface area contributed by atoms with Crippen molar-refractivity contribution in [2.45, 2.75) is 25.7 Å². The van der Waals surface area contributed by atoms with E-state index in [0.29, 0.717) is 24.5 Å². The van der Waals surface area contributed by atoms with Gasteiger partial charge in [0.1, 0.15) is 10.8 Å². The van der Waals surface area contributed by atoms with Crippen molar-refractivity contribution < 1.29 is 14.3 Å². The van der Waals surface area contributed by atoms with Gasteiger partial charge in [-0.15, -0.1) is 10.2 Å². The van der Waals surface area contributed by atoms with Gasteiger partial charge in [0.15, 0.2) is 0 Å². The van der Waals surface area contributed by atoms with Crippen molar-refractivity contribution in [3.8, 4) is 5.75 Å². The molecular weight excluding hydrogens is 328 g/mol. The van der Waals surface area contributed by atoms with E-state index in [4.69, 9.17) is 4.74 Å². The van der Waals surface area contributed by atoms with Crippen molar-refractivity contribution in [1.29, 1.82) is 0 Å². The topological polar surface area (TPSA) is 84.4 Å². The highest BCUT2D eigenvalue weighted by Gasteiger charge is 2.33. The third-order valence-corrected chi connectivity index (χ3v) is 4.87. The predicted molar refractivity (Wildman–Crippen MR) is 91.5 cm³/mol. The third kappa shape index (κ3) is 3.38. The molecule has 0 bridgehead atoms. The van der Waals surface area contributed by atoms with Crippen LogP contribution in [0.25, 0.3) is 0 Å². The van der Waals surface area contributed by atoms with E-state index >= 15 is 0 Å². The lowest BCUT2D eigenvalue weighted by atomic mass is 10.1. The molecule has 1 N–H and O–H groups in total. The molecule has 1 aliphatic rings. The van der Waals surface area contributed by atoms with Crippen LogP contribution >= 0.6 is 11.3 Å². The lowest BCUT2D eigenvalue weighted by molar-refractivity contribution is -0.117. The van der Waals surface area contributed by atoms with E-state index in [1.54, 1.807) is 18.9 Å². The molecule has 1 unspecified atom stereocenters. The summed E-state index contributed by atoms with van der Waals surface area (Å²) in [6, 6.07) is 7.40. The van der Waals surface area contributed by atoms with Crippen LogP contribution in [0.2, 0.25) is 0 Å². The molecule has 8 heteroatoms. The second-order valence-corrected chi connectivity index (χ2v) is 6.46. The van der Waals surface area contributed by atoms with Gasteiger partial charge in [-0.05, 0) is 24.3 Å². The van der Waals surface area contributed by atoms with Gasteiger partial charge in [-0.2, -0.15) is 0 Å². The third-order valence-electron chi connectivity index (χ3n) is 3.87. The van der Waals surface area contributed by atoms with Crippen LogP contribution in [0, 0.1) is 0 Å². The molecule has 1 aliphatic heterocycles. The Bertz CT molecular complexity index is 744. The summed E-state index contributed by atoms with van der Waals surface area (Å²) in [5.74, 6) is 0.700. The highest BCUT2D eigenvalue weighted by atomic mass is 32.1. The van der Waals surface area contributed by atoms with Gasteiger partial charge >= 0.3 is 0 Å². The number of anilines is 2. The van der Waals surface area contributed by atoms with Crippen LogP contribution < -0.4 is 15.0 Å². The smallest absolute Gasteiger partial charge is 0.227 e. The van der Waals surface area contributed by atoms with Crippen molar-refractivity contribution in [2.24, 2.45) is 0 Å². The van der Waals surface area contributed by atoms with Crippen LogP contribution in [-0.2, 0) is 9.59 Å². The summed E-state index contributed by atoms with van der Waals surface area (Å²) in [7, 11) is 1.61. The summed E-state index contributed by atoms with van der Waals surface area (Å²) in [6.45, 7) is 2.33. The Morgan fingerprint density at radius 3 is 2.79 bits per heavy atom. The number of hydrogen-bond acceptors (Lipinski definition) is 6. The highest BCUT2D eigenvalue weighted by Crippen LogP contribution is 2.34. The zero-order chi connectivity index (χ0) is 17.1. The van der Waals surface area contributed by atoms with Crippen LogP contribution in [0.15, 0.2) is 24.3 Å². The average Bonchev–Trinajstić information content (AvgIpc) is 3.21. The van der Waals surface area contributed by atoms with E-state index in [2.05, 4.69) is 15.5 Å². The standard InChI is InChI=1S/C16H18N4O3S/c1-3-13(21)17-16-19-18-15(24-16)10-8-14(22)20(9-10)11-4-6-12(23-2)7-5-11/h4-7,10H,3,8-9H2,1-2H3,(H,17,19,21). The molecule has 7 nitrogen and oxygen atoms in total. The molecule has 1 saturated heterocycles. The first kappa shape index (κ1) is 16.4. The van der Waals surface area contributed by atoms with Crippen LogP contribution in [0.1, 0.15) is 30.7 Å². The number of carbonyl (C=O) groups is 2. The summed E-state index contributed by atoms with van der Waals surface area (Å²) >= 11 is 1.33. The Morgan fingerprint density at radius 1 is 1.38 bits per heavy atom. The number of nitrogens with zero attached hydrogens (tertiary/aromatic N) is 3. The Kier molecular flexibility index (Phi) is 4.75. The van der Waals surface area contributed by atoms with Gasteiger partial charge in [0, 0.05) is 31.0 Å². The van der Waals surface area contributed by atoms with E-state index in [9.17, 15) is 9.59 Å². The summed E-state index contributed by atoms with van der Waals surface area (Å²) in [4.78, 5) is 25.5. The first-order valence-electron chi connectivity index (χ1n) is 7.68. The van der Waals surface area contributed by atoms with Gasteiger partial charge in [0.25, 0.3) is 0 Å². The van der Waals surface area contributed by atoms with Gasteiger partial charge in [-0.3, -0.25) is 9.59 Å². The van der Waals surface area contributed by atoms with Crippen LogP contribution in [-0.4, -0.2) is 35.7 Å². The average molecular weight is 346 g/mol. The molecule has 2 amide bonds. The van der Waals surface area contributed by atoms with E-state index in [-0.39, 0.29) is 17.7 Å². The number of carbonyl (C=O) groups excluding carboxylic acids is 2. The number of amides is 2. The Balaban J connectivity index is 1.71. The molecule has 0 saturated carbocycles. The number of methoxy groups -OCH3 is 1. The molecule has 0 spiro atoms. The minimum absolute atomic E-state index is 0.00983. The molecule has 2 aromatic rings. The maximum absolute atomic E-state index is 12.3. The first-order valence-corrected chi connectivity index (χ1v) is 8.50. The quantitative estimate of drug-likeness (QED) is 0.899. The molecule has 1 aromatic carbocycles. The fourth-order valence-electron chi connectivity index (χ4n) is 2.54. The molecule has 1 atom stereocenters. The van der Waals surface area contributed by atoms with Crippen LogP contribution in [0.4, 0.5) is 10.8 Å². The van der Waals surface area contributed by atoms with Crippen LogP contribution in [0.5, 0.6) is 5.75 Å². The number of aromatic nitrogens is 2. The zero-order valence-electron chi connectivity index (χ0n) is 13.5. The fourth-order valence-corrected chi connectivity index (χ4v) is 3.39. The van der Waals surface area contributed by atoms with Gasteiger partial charge in [0.2, 0.25) is 16.9 Å². The number of rotatable bonds is 5. The number of benzene rings is 1. The van der Waals surface area contributed by atoms with Crippen molar-refractivity contribution in [2.75, 3.05) is 23.9 Å². The SMILES string of the molecule is CCC(=O)Nc1nnc(C2CC(=O)N(c3ccc(OC)cc3)C2)s1. The molecular formula is C16H18N4O3S. The van der Waals surface area contributed by atoms with Crippen molar-refractivity contribution >= 4 is 34.0 Å². The monoisotopic (exact) mass is 346 g/mol. The Hall–Kier alpha value is -2.48. The number of nitrogens with one attached hydrogen (secondary N) is 1. The van der Waals surface area contributed by atoms with E-state index in [1.807, 2.05) is 24.3 Å². The van der Waals surface area contributed by atoms with Crippen molar-refractivity contribution in [3.05, 3.63) is 29.3 Å². The minimum atomic E-state index is -0.0972. The Morgan fingerprint density at radius 2 is 2.12 bits per heavy atom. The lowest BCUT2D eigenvalue weighted by Crippen LogP contribution is -2.24. The van der Waals surface area contributed by atoms with Gasteiger partial charge in [-0.25, -0.2) is 0 Å². The predicted octanol–water partition coefficient (Wildman–Crippen LogP) is 2.42.